The van der Waals surface area contributed by atoms with Crippen molar-refractivity contribution in [3.05, 3.63) is 56.7 Å². The zero-order chi connectivity index (χ0) is 28.0. The lowest BCUT2D eigenvalue weighted by molar-refractivity contribution is -0.133. The summed E-state index contributed by atoms with van der Waals surface area (Å²) in [4.78, 5) is 33.2. The van der Waals surface area contributed by atoms with Gasteiger partial charge in [-0.05, 0) is 48.6 Å². The summed E-state index contributed by atoms with van der Waals surface area (Å²) in [5.74, 6) is 1.36. The van der Waals surface area contributed by atoms with Crippen LogP contribution in [0.25, 0.3) is 10.6 Å². The lowest BCUT2D eigenvalue weighted by Gasteiger charge is -2.31. The molecule has 3 aromatic rings. The molecule has 0 radical (unpaired) electrons. The van der Waals surface area contributed by atoms with Gasteiger partial charge < -0.3 is 14.2 Å². The van der Waals surface area contributed by atoms with Gasteiger partial charge in [0.05, 0.1) is 7.11 Å². The van der Waals surface area contributed by atoms with Crippen LogP contribution in [0.15, 0.2) is 29.3 Å². The molecule has 0 bridgehead atoms. The van der Waals surface area contributed by atoms with E-state index in [1.165, 1.54) is 20.6 Å². The van der Waals surface area contributed by atoms with Crippen molar-refractivity contribution in [3.63, 3.8) is 0 Å². The van der Waals surface area contributed by atoms with E-state index in [-0.39, 0.29) is 29.0 Å². The van der Waals surface area contributed by atoms with E-state index in [9.17, 15) is 9.59 Å². The summed E-state index contributed by atoms with van der Waals surface area (Å²) in [5.41, 5.74) is 4.05. The number of nitrogens with zero attached hydrogens (tertiary/aromatic N) is 4. The van der Waals surface area contributed by atoms with E-state index in [4.69, 9.17) is 9.72 Å². The first-order chi connectivity index (χ1) is 17.7. The maximum atomic E-state index is 12.9. The Morgan fingerprint density at radius 3 is 2.13 bits per heavy atom. The largest absolute Gasteiger partial charge is 0.496 e. The van der Waals surface area contributed by atoms with Gasteiger partial charge in [0.2, 0.25) is 5.91 Å². The summed E-state index contributed by atoms with van der Waals surface area (Å²) in [7, 11) is 3.47. The van der Waals surface area contributed by atoms with Crippen molar-refractivity contribution < 1.29 is 9.53 Å². The third-order valence-corrected chi connectivity index (χ3v) is 8.77. The van der Waals surface area contributed by atoms with E-state index < -0.39 is 0 Å². The van der Waals surface area contributed by atoms with Gasteiger partial charge in [-0.1, -0.05) is 41.5 Å². The Balaban J connectivity index is 1.51. The van der Waals surface area contributed by atoms with E-state index in [1.807, 2.05) is 18.0 Å². The minimum atomic E-state index is -0.148. The minimum Gasteiger partial charge on any atom is -0.496 e. The molecule has 0 spiro atoms. The molecule has 1 aliphatic rings. The Hall–Kier alpha value is -2.87. The molecule has 2 aromatic heterocycles. The normalized spacial score (nSPS) is 15.2. The fourth-order valence-electron chi connectivity index (χ4n) is 5.28. The molecule has 38 heavy (non-hydrogen) atoms. The van der Waals surface area contributed by atoms with Gasteiger partial charge in [0.25, 0.3) is 0 Å². The lowest BCUT2D eigenvalue weighted by atomic mass is 9.78. The molecule has 0 saturated carbocycles. The topological polar surface area (TPSA) is 69.4 Å². The molecule has 0 unspecified atom stereocenters. The first-order valence-electron chi connectivity index (χ1n) is 13.4. The van der Waals surface area contributed by atoms with Crippen LogP contribution >= 0.6 is 11.3 Å². The molecule has 4 rings (SSSR count). The molecule has 1 fully saturated rings. The van der Waals surface area contributed by atoms with Gasteiger partial charge in [0.1, 0.15) is 17.3 Å². The molecule has 8 heteroatoms. The molecule has 1 amide bonds. The highest BCUT2D eigenvalue weighted by Gasteiger charge is 2.29. The highest BCUT2D eigenvalue weighted by molar-refractivity contribution is 7.15. The third-order valence-electron chi connectivity index (χ3n) is 7.56. The van der Waals surface area contributed by atoms with Crippen molar-refractivity contribution in [3.8, 4) is 16.3 Å². The molecule has 1 aromatic carbocycles. The van der Waals surface area contributed by atoms with Gasteiger partial charge in [-0.3, -0.25) is 9.36 Å². The Morgan fingerprint density at radius 2 is 1.66 bits per heavy atom. The fourth-order valence-corrected chi connectivity index (χ4v) is 6.35. The van der Waals surface area contributed by atoms with Crippen molar-refractivity contribution in [1.82, 2.24) is 19.0 Å². The third kappa shape index (κ3) is 5.60. The van der Waals surface area contributed by atoms with E-state index >= 15 is 0 Å². The van der Waals surface area contributed by atoms with Gasteiger partial charge >= 0.3 is 5.69 Å². The van der Waals surface area contributed by atoms with E-state index in [1.54, 1.807) is 36.3 Å². The number of hydrogen-bond donors (Lipinski definition) is 0. The highest BCUT2D eigenvalue weighted by atomic mass is 32.1. The van der Waals surface area contributed by atoms with E-state index in [0.29, 0.717) is 19.0 Å². The zero-order valence-electron chi connectivity index (χ0n) is 24.3. The molecule has 1 aliphatic heterocycles. The SMILES string of the molecule is COc1c(C(C)(C)C)cc(-c2ncc(C3CCN(C(=O)Cn4c(C)cn(C)c4=O)CC3)s2)cc1C(C)(C)C. The summed E-state index contributed by atoms with van der Waals surface area (Å²) in [6.07, 6.45) is 5.59. The van der Waals surface area contributed by atoms with Crippen molar-refractivity contribution >= 4 is 17.2 Å². The van der Waals surface area contributed by atoms with Gasteiger partial charge in [-0.25, -0.2) is 9.78 Å². The molecule has 3 heterocycles. The summed E-state index contributed by atoms with van der Waals surface area (Å²) in [6.45, 7) is 16.7. The zero-order valence-corrected chi connectivity index (χ0v) is 25.2. The molecule has 0 atom stereocenters. The molecule has 7 nitrogen and oxygen atoms in total. The fraction of sp³-hybridized carbons (Fsp3) is 0.567. The number of aryl methyl sites for hydroxylation is 2. The summed E-state index contributed by atoms with van der Waals surface area (Å²) < 4.78 is 9.01. The predicted octanol–water partition coefficient (Wildman–Crippen LogP) is 5.63. The first-order valence-corrected chi connectivity index (χ1v) is 14.2. The molecular weight excluding hydrogens is 496 g/mol. The van der Waals surface area contributed by atoms with Crippen molar-refractivity contribution in [2.24, 2.45) is 7.05 Å². The minimum absolute atomic E-state index is 0.00694. The van der Waals surface area contributed by atoms with E-state index in [0.717, 1.165) is 34.9 Å². The molecule has 0 aliphatic carbocycles. The molecule has 1 saturated heterocycles. The Labute approximate surface area is 230 Å². The van der Waals surface area contributed by atoms with Crippen LogP contribution in [0, 0.1) is 6.92 Å². The second-order valence-electron chi connectivity index (χ2n) is 12.6. The van der Waals surface area contributed by atoms with Crippen LogP contribution in [0.2, 0.25) is 0 Å². The van der Waals surface area contributed by atoms with Crippen LogP contribution < -0.4 is 10.4 Å². The molecular formula is C30H42N4O3S. The summed E-state index contributed by atoms with van der Waals surface area (Å²) in [5, 5.41) is 1.02. The van der Waals surface area contributed by atoms with Crippen LogP contribution in [0.3, 0.4) is 0 Å². The van der Waals surface area contributed by atoms with Gasteiger partial charge in [0.15, 0.2) is 0 Å². The maximum absolute atomic E-state index is 12.9. The van der Waals surface area contributed by atoms with Crippen molar-refractivity contribution in [2.45, 2.75) is 84.6 Å². The van der Waals surface area contributed by atoms with Gasteiger partial charge in [-0.15, -0.1) is 11.3 Å². The number of rotatable bonds is 5. The number of piperidine rings is 1. The molecule has 0 N–H and O–H groups in total. The smallest absolute Gasteiger partial charge is 0.328 e. The average molecular weight is 539 g/mol. The van der Waals surface area contributed by atoms with Gasteiger partial charge in [0, 0.05) is 59.8 Å². The lowest BCUT2D eigenvalue weighted by Crippen LogP contribution is -2.41. The number of likely N-dealkylation sites (tertiary alicyclic amines) is 1. The quantitative estimate of drug-likeness (QED) is 0.422. The van der Waals surface area contributed by atoms with Crippen LogP contribution in [-0.2, 0) is 29.2 Å². The predicted molar refractivity (Wildman–Crippen MR) is 154 cm³/mol. The average Bonchev–Trinajstić information content (AvgIpc) is 3.43. The summed E-state index contributed by atoms with van der Waals surface area (Å²) in [6, 6.07) is 4.48. The van der Waals surface area contributed by atoms with Crippen LogP contribution in [0.5, 0.6) is 5.75 Å². The highest BCUT2D eigenvalue weighted by Crippen LogP contribution is 2.44. The number of imidazole rings is 1. The number of benzene rings is 1. The number of carbonyl (C=O) groups excluding carboxylic acids is 1. The van der Waals surface area contributed by atoms with Crippen molar-refractivity contribution in [1.29, 1.82) is 0 Å². The number of amides is 1. The number of hydrogen-bond acceptors (Lipinski definition) is 5. The maximum Gasteiger partial charge on any atom is 0.328 e. The standard InChI is InChI=1S/C30H42N4O3S/c1-19-17-32(8)28(36)34(19)18-25(35)33-12-10-20(11-13-33)24-16-31-27(38-24)21-14-22(29(2,3)4)26(37-9)23(15-21)30(5,6)7/h14-17,20H,10-13,18H2,1-9H3. The number of thiazole rings is 1. The number of carbonyl (C=O) groups is 1. The Kier molecular flexibility index (Phi) is 7.67. The number of methoxy groups -OCH3 is 1. The second kappa shape index (κ2) is 10.4. The van der Waals surface area contributed by atoms with Crippen LogP contribution in [0.4, 0.5) is 0 Å². The van der Waals surface area contributed by atoms with Crippen LogP contribution in [0.1, 0.15) is 82.0 Å². The number of aromatic nitrogens is 3. The number of ether oxygens (including phenoxy) is 1. The monoisotopic (exact) mass is 538 g/mol. The van der Waals surface area contributed by atoms with Gasteiger partial charge in [-0.2, -0.15) is 0 Å². The van der Waals surface area contributed by atoms with Crippen molar-refractivity contribution in [2.75, 3.05) is 20.2 Å². The Morgan fingerprint density at radius 1 is 1.08 bits per heavy atom. The Bertz CT molecular complexity index is 1340. The second-order valence-corrected chi connectivity index (χ2v) is 13.6. The summed E-state index contributed by atoms with van der Waals surface area (Å²) >= 11 is 1.76. The van der Waals surface area contributed by atoms with Crippen LogP contribution in [-0.4, -0.2) is 45.1 Å². The van der Waals surface area contributed by atoms with E-state index in [2.05, 4.69) is 53.7 Å². The first kappa shape index (κ1) is 28.1. The molecule has 206 valence electrons.